The zero-order chi connectivity index (χ0) is 13.5. The average molecular weight is 257 g/mol. The fraction of sp³-hybridized carbons (Fsp3) is 0.833. The molecule has 1 rings (SSSR count). The Balaban J connectivity index is 2.30. The minimum absolute atomic E-state index is 0.00338. The summed E-state index contributed by atoms with van der Waals surface area (Å²) in [7, 11) is 0. The second kappa shape index (κ2) is 7.20. The number of hydrogen-bond acceptors (Lipinski definition) is 3. The number of carboxylic acids is 1. The lowest BCUT2D eigenvalue weighted by molar-refractivity contribution is -0.141. The molecule has 0 saturated heterocycles. The van der Waals surface area contributed by atoms with Gasteiger partial charge in [0.05, 0.1) is 5.92 Å². The van der Waals surface area contributed by atoms with Crippen LogP contribution in [0.3, 0.4) is 0 Å². The SMILES string of the molecule is CCC(CNC(=O)NC1CCCCC1N)C(=O)O. The Hall–Kier alpha value is -1.30. The van der Waals surface area contributed by atoms with Crippen LogP contribution in [0.15, 0.2) is 0 Å². The molecule has 1 aliphatic rings. The van der Waals surface area contributed by atoms with Crippen LogP contribution in [-0.2, 0) is 4.79 Å². The molecule has 18 heavy (non-hydrogen) atoms. The fourth-order valence-electron chi connectivity index (χ4n) is 2.18. The Morgan fingerprint density at radius 2 is 2.06 bits per heavy atom. The molecule has 6 nitrogen and oxygen atoms in total. The van der Waals surface area contributed by atoms with E-state index in [-0.39, 0.29) is 24.7 Å². The Morgan fingerprint density at radius 3 is 2.61 bits per heavy atom. The smallest absolute Gasteiger partial charge is 0.315 e. The van der Waals surface area contributed by atoms with Crippen LogP contribution in [0.2, 0.25) is 0 Å². The van der Waals surface area contributed by atoms with Gasteiger partial charge in [0.1, 0.15) is 0 Å². The Labute approximate surface area is 107 Å². The Bertz CT molecular complexity index is 296. The number of carbonyl (C=O) groups is 2. The fourth-order valence-corrected chi connectivity index (χ4v) is 2.18. The summed E-state index contributed by atoms with van der Waals surface area (Å²) in [6.07, 6.45) is 4.50. The molecule has 2 amide bonds. The number of carbonyl (C=O) groups excluding carboxylic acids is 1. The number of urea groups is 1. The van der Waals surface area contributed by atoms with Crippen molar-refractivity contribution in [2.75, 3.05) is 6.54 Å². The molecule has 3 atom stereocenters. The summed E-state index contributed by atoms with van der Waals surface area (Å²) >= 11 is 0. The average Bonchev–Trinajstić information content (AvgIpc) is 2.32. The van der Waals surface area contributed by atoms with E-state index < -0.39 is 11.9 Å². The zero-order valence-corrected chi connectivity index (χ0v) is 10.8. The minimum Gasteiger partial charge on any atom is -0.481 e. The predicted octanol–water partition coefficient (Wildman–Crippen LogP) is 0.666. The maximum atomic E-state index is 11.6. The first kappa shape index (κ1) is 14.8. The van der Waals surface area contributed by atoms with Crippen LogP contribution in [0, 0.1) is 5.92 Å². The summed E-state index contributed by atoms with van der Waals surface area (Å²) in [4.78, 5) is 22.4. The van der Waals surface area contributed by atoms with Gasteiger partial charge in [-0.15, -0.1) is 0 Å². The van der Waals surface area contributed by atoms with Crippen molar-refractivity contribution >= 4 is 12.0 Å². The molecule has 1 aliphatic carbocycles. The molecule has 1 fully saturated rings. The molecule has 6 heteroatoms. The van der Waals surface area contributed by atoms with E-state index in [0.717, 1.165) is 25.7 Å². The van der Waals surface area contributed by atoms with Crippen LogP contribution in [0.1, 0.15) is 39.0 Å². The number of rotatable bonds is 5. The lowest BCUT2D eigenvalue weighted by Crippen LogP contribution is -2.52. The van der Waals surface area contributed by atoms with Crippen LogP contribution in [0.4, 0.5) is 4.79 Å². The summed E-state index contributed by atoms with van der Waals surface area (Å²) in [6, 6.07) is -0.313. The van der Waals surface area contributed by atoms with Crippen LogP contribution in [0.25, 0.3) is 0 Å². The highest BCUT2D eigenvalue weighted by molar-refractivity contribution is 5.76. The number of carboxylic acid groups (broad SMARTS) is 1. The van der Waals surface area contributed by atoms with Crippen LogP contribution < -0.4 is 16.4 Å². The molecule has 0 aliphatic heterocycles. The first-order valence-corrected chi connectivity index (χ1v) is 6.57. The number of hydrogen-bond donors (Lipinski definition) is 4. The summed E-state index contributed by atoms with van der Waals surface area (Å²) in [5.74, 6) is -1.41. The molecule has 0 spiro atoms. The van der Waals surface area contributed by atoms with E-state index in [0.29, 0.717) is 6.42 Å². The molecule has 0 aromatic carbocycles. The molecule has 0 radical (unpaired) electrons. The van der Waals surface area contributed by atoms with Gasteiger partial charge in [0, 0.05) is 18.6 Å². The summed E-state index contributed by atoms with van der Waals surface area (Å²) in [5, 5.41) is 14.3. The van der Waals surface area contributed by atoms with E-state index in [1.807, 2.05) is 0 Å². The number of amides is 2. The van der Waals surface area contributed by atoms with Crippen molar-refractivity contribution in [1.82, 2.24) is 10.6 Å². The van der Waals surface area contributed by atoms with Crippen molar-refractivity contribution in [1.29, 1.82) is 0 Å². The molecule has 1 saturated carbocycles. The Morgan fingerprint density at radius 1 is 1.39 bits per heavy atom. The molecule has 0 aromatic rings. The molecule has 104 valence electrons. The van der Waals surface area contributed by atoms with Crippen LogP contribution in [-0.4, -0.2) is 35.7 Å². The second-order valence-corrected chi connectivity index (χ2v) is 4.85. The Kier molecular flexibility index (Phi) is 5.91. The highest BCUT2D eigenvalue weighted by Gasteiger charge is 2.23. The zero-order valence-electron chi connectivity index (χ0n) is 10.8. The maximum absolute atomic E-state index is 11.6. The van der Waals surface area contributed by atoms with Crippen molar-refractivity contribution in [3.63, 3.8) is 0 Å². The third kappa shape index (κ3) is 4.52. The highest BCUT2D eigenvalue weighted by atomic mass is 16.4. The number of aliphatic carboxylic acids is 1. The largest absolute Gasteiger partial charge is 0.481 e. The van der Waals surface area contributed by atoms with Gasteiger partial charge in [0.2, 0.25) is 0 Å². The molecule has 5 N–H and O–H groups in total. The second-order valence-electron chi connectivity index (χ2n) is 4.85. The van der Waals surface area contributed by atoms with Gasteiger partial charge in [-0.05, 0) is 19.3 Å². The van der Waals surface area contributed by atoms with Crippen LogP contribution in [0.5, 0.6) is 0 Å². The first-order chi connectivity index (χ1) is 8.54. The van der Waals surface area contributed by atoms with E-state index in [2.05, 4.69) is 10.6 Å². The lowest BCUT2D eigenvalue weighted by atomic mass is 9.91. The van der Waals surface area contributed by atoms with Crippen molar-refractivity contribution in [2.45, 2.75) is 51.1 Å². The minimum atomic E-state index is -0.882. The molecule has 3 unspecified atom stereocenters. The normalized spacial score (nSPS) is 25.2. The maximum Gasteiger partial charge on any atom is 0.315 e. The monoisotopic (exact) mass is 257 g/mol. The van der Waals surface area contributed by atoms with E-state index in [1.165, 1.54) is 0 Å². The lowest BCUT2D eigenvalue weighted by Gasteiger charge is -2.29. The quantitative estimate of drug-likeness (QED) is 0.581. The van der Waals surface area contributed by atoms with Gasteiger partial charge in [-0.3, -0.25) is 4.79 Å². The molecule has 0 bridgehead atoms. The summed E-state index contributed by atoms with van der Waals surface area (Å²) in [5.41, 5.74) is 5.92. The van der Waals surface area contributed by atoms with Gasteiger partial charge in [-0.2, -0.15) is 0 Å². The van der Waals surface area contributed by atoms with Crippen molar-refractivity contribution in [3.05, 3.63) is 0 Å². The van der Waals surface area contributed by atoms with Crippen LogP contribution >= 0.6 is 0 Å². The number of nitrogens with two attached hydrogens (primary N) is 1. The molecule has 0 heterocycles. The van der Waals surface area contributed by atoms with Gasteiger partial charge in [-0.1, -0.05) is 19.8 Å². The molecular formula is C12H23N3O3. The van der Waals surface area contributed by atoms with Gasteiger partial charge in [0.25, 0.3) is 0 Å². The first-order valence-electron chi connectivity index (χ1n) is 6.57. The van der Waals surface area contributed by atoms with Gasteiger partial charge in [0.15, 0.2) is 0 Å². The van der Waals surface area contributed by atoms with E-state index in [9.17, 15) is 9.59 Å². The van der Waals surface area contributed by atoms with E-state index in [1.54, 1.807) is 6.92 Å². The summed E-state index contributed by atoms with van der Waals surface area (Å²) < 4.78 is 0. The standard InChI is InChI=1S/C12H23N3O3/c1-2-8(11(16)17)7-14-12(18)15-10-6-4-3-5-9(10)13/h8-10H,2-7,13H2,1H3,(H,16,17)(H2,14,15,18). The number of nitrogens with one attached hydrogen (secondary N) is 2. The van der Waals surface area contributed by atoms with Gasteiger partial charge < -0.3 is 21.5 Å². The van der Waals surface area contributed by atoms with Gasteiger partial charge in [-0.25, -0.2) is 4.79 Å². The summed E-state index contributed by atoms with van der Waals surface area (Å²) in [6.45, 7) is 1.94. The third-order valence-electron chi connectivity index (χ3n) is 3.49. The van der Waals surface area contributed by atoms with Crippen molar-refractivity contribution < 1.29 is 14.7 Å². The van der Waals surface area contributed by atoms with E-state index >= 15 is 0 Å². The topological polar surface area (TPSA) is 104 Å². The van der Waals surface area contributed by atoms with Crippen molar-refractivity contribution in [3.8, 4) is 0 Å². The predicted molar refractivity (Wildman–Crippen MR) is 68.2 cm³/mol. The molecule has 0 aromatic heterocycles. The van der Waals surface area contributed by atoms with Crippen molar-refractivity contribution in [2.24, 2.45) is 11.7 Å². The highest BCUT2D eigenvalue weighted by Crippen LogP contribution is 2.16. The van der Waals surface area contributed by atoms with Gasteiger partial charge >= 0.3 is 12.0 Å². The third-order valence-corrected chi connectivity index (χ3v) is 3.49. The molecular weight excluding hydrogens is 234 g/mol. The van der Waals surface area contributed by atoms with E-state index in [4.69, 9.17) is 10.8 Å².